The first-order valence-electron chi connectivity index (χ1n) is 8.73. The van der Waals surface area contributed by atoms with Gasteiger partial charge in [0.25, 0.3) is 18.1 Å². The van der Waals surface area contributed by atoms with Crippen LogP contribution in [0.15, 0.2) is 40.7 Å². The minimum atomic E-state index is -0.451. The van der Waals surface area contributed by atoms with Gasteiger partial charge in [0.1, 0.15) is 0 Å². The topological polar surface area (TPSA) is 124 Å². The Morgan fingerprint density at radius 2 is 1.56 bits per heavy atom. The minimum Gasteiger partial charge on any atom is -0.395 e. The molecule has 32 heavy (non-hydrogen) atoms. The molecule has 0 aliphatic heterocycles. The smallest absolute Gasteiger partial charge is 0.300 e. The molecule has 0 saturated heterocycles. The zero-order valence-electron chi connectivity index (χ0n) is 16.5. The number of carbonyl (C=O) groups excluding carboxylic acids is 3. The highest BCUT2D eigenvalue weighted by Crippen LogP contribution is 2.14. The normalized spacial score (nSPS) is 9.19. The molecule has 0 radical (unpaired) electrons. The van der Waals surface area contributed by atoms with Gasteiger partial charge < -0.3 is 25.7 Å². The van der Waals surface area contributed by atoms with Crippen LogP contribution in [0, 0.1) is 13.1 Å². The number of rotatable bonds is 8. The first kappa shape index (κ1) is 30.8. The fraction of sp³-hybridized carbons (Fsp3) is 0.286. The largest absolute Gasteiger partial charge is 0.395 e. The molecule has 2 heterocycles. The Labute approximate surface area is 195 Å². The maximum Gasteiger partial charge on any atom is 0.300 e. The van der Waals surface area contributed by atoms with Crippen molar-refractivity contribution >= 4 is 46.9 Å². The Morgan fingerprint density at radius 1 is 1.00 bits per heavy atom. The summed E-state index contributed by atoms with van der Waals surface area (Å²) in [6.07, 6.45) is 2.38. The minimum absolute atomic E-state index is 0. The quantitative estimate of drug-likeness (QED) is 0.263. The first-order valence-corrected chi connectivity index (χ1v) is 10.5. The summed E-state index contributed by atoms with van der Waals surface area (Å²) in [4.78, 5) is 39.2. The Hall–Kier alpha value is -3.35. The molecular weight excluding hydrogens is 452 g/mol. The van der Waals surface area contributed by atoms with Crippen molar-refractivity contribution in [3.63, 3.8) is 0 Å². The number of carbonyl (C=O) groups is 3. The number of aldehydes is 1. The zero-order chi connectivity index (χ0) is 23.3. The summed E-state index contributed by atoms with van der Waals surface area (Å²) in [6, 6.07) is 7.32. The van der Waals surface area contributed by atoms with Crippen LogP contribution in [0.25, 0.3) is 15.8 Å². The molecule has 0 saturated carbocycles. The number of hydrogen-bond acceptors (Lipinski definition) is 7. The van der Waals surface area contributed by atoms with E-state index in [1.807, 2.05) is 29.0 Å². The van der Waals surface area contributed by atoms with E-state index in [-0.39, 0.29) is 51.9 Å². The van der Waals surface area contributed by atoms with E-state index in [4.69, 9.17) is 23.4 Å². The Kier molecular flexibility index (Phi) is 20.1. The number of nitrogens with one attached hydrogen (secondary N) is 2. The summed E-state index contributed by atoms with van der Waals surface area (Å²) in [5.41, 5.74) is 0.0332. The van der Waals surface area contributed by atoms with Gasteiger partial charge in [-0.25, -0.2) is 11.4 Å². The van der Waals surface area contributed by atoms with Crippen molar-refractivity contribution in [3.05, 3.63) is 73.3 Å². The van der Waals surface area contributed by atoms with Crippen molar-refractivity contribution in [2.45, 2.75) is 7.43 Å². The maximum absolute atomic E-state index is 11.4. The highest BCUT2D eigenvalue weighted by atomic mass is 32.1. The summed E-state index contributed by atoms with van der Waals surface area (Å²) in [5.74, 6) is -0.786. The molecule has 2 amide bonds. The lowest BCUT2D eigenvalue weighted by molar-refractivity contribution is -0.119. The van der Waals surface area contributed by atoms with Crippen molar-refractivity contribution in [3.8, 4) is 0 Å². The SMILES string of the molecule is C.O=Cc1cccs1.[C-]#[N+]/C(=C\c1cccs1)C(=O)NCCO.[C-]#[N+]CC(=O)NCCO. The second-order valence-electron chi connectivity index (χ2n) is 5.16. The lowest BCUT2D eigenvalue weighted by Crippen LogP contribution is -2.27. The number of aliphatic hydroxyl groups excluding tert-OH is 2. The third-order valence-electron chi connectivity index (χ3n) is 2.89. The van der Waals surface area contributed by atoms with E-state index in [1.165, 1.54) is 28.7 Å². The molecule has 9 nitrogen and oxygen atoms in total. The van der Waals surface area contributed by atoms with Crippen molar-refractivity contribution in [1.82, 2.24) is 10.6 Å². The Morgan fingerprint density at radius 3 is 1.97 bits per heavy atom. The van der Waals surface area contributed by atoms with Gasteiger partial charge in [0.05, 0.1) is 24.7 Å². The second-order valence-corrected chi connectivity index (χ2v) is 7.12. The van der Waals surface area contributed by atoms with Gasteiger partial charge in [0, 0.05) is 18.0 Å². The average Bonchev–Trinajstić information content (AvgIpc) is 3.49. The van der Waals surface area contributed by atoms with Gasteiger partial charge >= 0.3 is 0 Å². The number of amides is 2. The van der Waals surface area contributed by atoms with Crippen LogP contribution in [0.4, 0.5) is 0 Å². The third-order valence-corrected chi connectivity index (χ3v) is 4.51. The molecule has 0 spiro atoms. The molecule has 0 unspecified atom stereocenters. The number of nitrogens with zero attached hydrogens (tertiary/aromatic N) is 2. The molecule has 4 N–H and O–H groups in total. The van der Waals surface area contributed by atoms with Crippen LogP contribution in [0.1, 0.15) is 22.0 Å². The lowest BCUT2D eigenvalue weighted by Gasteiger charge is -2.00. The molecule has 0 aliphatic carbocycles. The summed E-state index contributed by atoms with van der Waals surface area (Å²) >= 11 is 2.91. The second kappa shape index (κ2) is 20.9. The van der Waals surface area contributed by atoms with Crippen LogP contribution in [0.3, 0.4) is 0 Å². The van der Waals surface area contributed by atoms with Crippen LogP contribution >= 0.6 is 22.7 Å². The zero-order valence-corrected chi connectivity index (χ0v) is 18.1. The molecule has 0 bridgehead atoms. The Balaban J connectivity index is 0. The molecular formula is C21H26N4O5S2. The van der Waals surface area contributed by atoms with E-state index >= 15 is 0 Å². The van der Waals surface area contributed by atoms with Crippen LogP contribution in [0.5, 0.6) is 0 Å². The maximum atomic E-state index is 11.4. The van der Waals surface area contributed by atoms with E-state index in [0.717, 1.165) is 16.0 Å². The fourth-order valence-corrected chi connectivity index (χ4v) is 2.78. The van der Waals surface area contributed by atoms with E-state index in [9.17, 15) is 14.4 Å². The van der Waals surface area contributed by atoms with E-state index in [0.29, 0.717) is 0 Å². The van der Waals surface area contributed by atoms with Crippen molar-refractivity contribution in [1.29, 1.82) is 0 Å². The third kappa shape index (κ3) is 15.5. The average molecular weight is 479 g/mol. The first-order chi connectivity index (χ1) is 15.0. The molecule has 2 aromatic heterocycles. The standard InChI is InChI=1S/C10H10N2O2S.C5H8N2O2.C5H4OS.CH4/c1-11-9(10(14)12-4-5-13)7-8-3-2-6-15-8;1-6-4-5(9)7-2-3-8;6-4-5-2-1-3-7-5;/h2-3,6-7,13H,4-5H2,(H,12,14);8H,2-4H2,(H,7,9);1-4H;1H4/b9-7-;;;. The molecule has 0 aliphatic rings. The molecule has 2 aromatic rings. The molecule has 11 heteroatoms. The van der Waals surface area contributed by atoms with Gasteiger partial charge in [-0.3, -0.25) is 14.4 Å². The van der Waals surface area contributed by atoms with Crippen molar-refractivity contribution in [2.24, 2.45) is 0 Å². The van der Waals surface area contributed by atoms with Crippen LogP contribution in [-0.2, 0) is 9.59 Å². The number of thiophene rings is 2. The predicted octanol–water partition coefficient (Wildman–Crippen LogP) is 2.33. The van der Waals surface area contributed by atoms with Crippen molar-refractivity contribution < 1.29 is 24.6 Å². The predicted molar refractivity (Wildman–Crippen MR) is 127 cm³/mol. The van der Waals surface area contributed by atoms with E-state index in [2.05, 4.69) is 20.3 Å². The molecule has 172 valence electrons. The molecule has 0 atom stereocenters. The van der Waals surface area contributed by atoms with E-state index in [1.54, 1.807) is 6.07 Å². The molecule has 0 aromatic carbocycles. The van der Waals surface area contributed by atoms with E-state index < -0.39 is 5.91 Å². The van der Waals surface area contributed by atoms with Crippen molar-refractivity contribution in [2.75, 3.05) is 32.8 Å². The monoisotopic (exact) mass is 478 g/mol. The lowest BCUT2D eigenvalue weighted by atomic mass is 10.3. The summed E-state index contributed by atoms with van der Waals surface area (Å²) < 4.78 is 0. The Bertz CT molecular complexity index is 882. The van der Waals surface area contributed by atoms with Gasteiger partial charge in [-0.2, -0.15) is 0 Å². The van der Waals surface area contributed by atoms with Gasteiger partial charge in [-0.1, -0.05) is 19.6 Å². The summed E-state index contributed by atoms with van der Waals surface area (Å²) in [6.45, 7) is 13.2. The highest BCUT2D eigenvalue weighted by molar-refractivity contribution is 7.11. The number of hydrogen-bond donors (Lipinski definition) is 4. The van der Waals surface area contributed by atoms with Gasteiger partial charge in [0.15, 0.2) is 6.29 Å². The van der Waals surface area contributed by atoms with Gasteiger partial charge in [-0.15, -0.1) is 22.7 Å². The summed E-state index contributed by atoms with van der Waals surface area (Å²) in [5, 5.41) is 25.2. The molecule has 0 fully saturated rings. The van der Waals surface area contributed by atoms with Crippen LogP contribution in [0.2, 0.25) is 0 Å². The van der Waals surface area contributed by atoms with Crippen LogP contribution < -0.4 is 10.6 Å². The highest BCUT2D eigenvalue weighted by Gasteiger charge is 2.08. The fourth-order valence-electron chi connectivity index (χ4n) is 1.60. The van der Waals surface area contributed by atoms with Gasteiger partial charge in [0.2, 0.25) is 5.91 Å². The molecule has 2 rings (SSSR count). The summed E-state index contributed by atoms with van der Waals surface area (Å²) in [7, 11) is 0. The van der Waals surface area contributed by atoms with Crippen LogP contribution in [-0.4, -0.2) is 61.2 Å². The van der Waals surface area contributed by atoms with Gasteiger partial charge in [-0.05, 0) is 29.0 Å². The number of aliphatic hydroxyl groups is 2.